The van der Waals surface area contributed by atoms with Crippen LogP contribution < -0.4 is 5.32 Å². The fraction of sp³-hybridized carbons (Fsp3) is 0.800. The van der Waals surface area contributed by atoms with Gasteiger partial charge in [0.25, 0.3) is 0 Å². The number of nitrogens with one attached hydrogen (secondary N) is 1. The predicted octanol–water partition coefficient (Wildman–Crippen LogP) is 4.31. The molecule has 1 aromatic heterocycles. The van der Waals surface area contributed by atoms with Crippen molar-refractivity contribution in [3.8, 4) is 0 Å². The number of aryl methyl sites for hydroxylation is 1. The maximum atomic E-state index is 4.40. The second kappa shape index (κ2) is 8.17. The molecule has 0 aliphatic carbocycles. The van der Waals surface area contributed by atoms with E-state index in [1.54, 1.807) is 0 Å². The monoisotopic (exact) mass is 251 g/mol. The van der Waals surface area contributed by atoms with Crippen molar-refractivity contribution in [2.75, 3.05) is 5.32 Å². The highest BCUT2D eigenvalue weighted by molar-refractivity contribution is 5.27. The van der Waals surface area contributed by atoms with E-state index in [2.05, 4.69) is 48.8 Å². The molecule has 1 atom stereocenters. The molecule has 0 saturated carbocycles. The van der Waals surface area contributed by atoms with Gasteiger partial charge in [-0.3, -0.25) is 0 Å². The van der Waals surface area contributed by atoms with E-state index in [0.717, 1.165) is 18.4 Å². The Morgan fingerprint density at radius 3 is 2.67 bits per heavy atom. The number of anilines is 1. The van der Waals surface area contributed by atoms with E-state index in [9.17, 15) is 0 Å². The summed E-state index contributed by atoms with van der Waals surface area (Å²) in [5.74, 6) is 1.84. The molecular formula is C15H29N3. The molecule has 0 amide bonds. The molecule has 0 aliphatic heterocycles. The lowest BCUT2D eigenvalue weighted by atomic mass is 10.0. The highest BCUT2D eigenvalue weighted by Gasteiger charge is 2.07. The van der Waals surface area contributed by atoms with Crippen molar-refractivity contribution < 1.29 is 0 Å². The number of hydrogen-bond donors (Lipinski definition) is 1. The van der Waals surface area contributed by atoms with E-state index in [-0.39, 0.29) is 0 Å². The van der Waals surface area contributed by atoms with Crippen LogP contribution in [0.2, 0.25) is 0 Å². The summed E-state index contributed by atoms with van der Waals surface area (Å²) in [5.41, 5.74) is 0. The maximum Gasteiger partial charge on any atom is 0.202 e. The third-order valence-electron chi connectivity index (χ3n) is 3.26. The average molecular weight is 251 g/mol. The summed E-state index contributed by atoms with van der Waals surface area (Å²) in [6, 6.07) is 0.506. The van der Waals surface area contributed by atoms with E-state index >= 15 is 0 Å². The first-order valence-electron chi connectivity index (χ1n) is 7.41. The summed E-state index contributed by atoms with van der Waals surface area (Å²) in [6.07, 6.45) is 10.2. The van der Waals surface area contributed by atoms with Crippen LogP contribution in [0.15, 0.2) is 12.4 Å². The Balaban J connectivity index is 2.34. The smallest absolute Gasteiger partial charge is 0.202 e. The highest BCUT2D eigenvalue weighted by Crippen LogP contribution is 2.13. The first-order valence-corrected chi connectivity index (χ1v) is 7.41. The van der Waals surface area contributed by atoms with Gasteiger partial charge in [0.1, 0.15) is 0 Å². The molecule has 1 heterocycles. The molecule has 104 valence electrons. The number of hydrogen-bond acceptors (Lipinski definition) is 2. The number of unbranched alkanes of at least 4 members (excludes halogenated alkanes) is 1. The van der Waals surface area contributed by atoms with Gasteiger partial charge in [-0.05, 0) is 25.7 Å². The topological polar surface area (TPSA) is 29.9 Å². The molecule has 1 rings (SSSR count). The molecule has 0 aliphatic rings. The quantitative estimate of drug-likeness (QED) is 0.708. The first kappa shape index (κ1) is 15.1. The molecule has 0 saturated heterocycles. The maximum absolute atomic E-state index is 4.40. The van der Waals surface area contributed by atoms with Crippen LogP contribution in [0.5, 0.6) is 0 Å². The molecule has 1 unspecified atom stereocenters. The Morgan fingerprint density at radius 1 is 1.22 bits per heavy atom. The molecule has 3 heteroatoms. The van der Waals surface area contributed by atoms with E-state index in [0.29, 0.717) is 6.04 Å². The SMILES string of the molecule is CCCCn1ccnc1NC(C)CCCC(C)C. The third kappa shape index (κ3) is 5.56. The van der Waals surface area contributed by atoms with Crippen molar-refractivity contribution in [2.45, 2.75) is 72.4 Å². The minimum atomic E-state index is 0.506. The largest absolute Gasteiger partial charge is 0.353 e. The molecule has 0 aromatic carbocycles. The Kier molecular flexibility index (Phi) is 6.84. The second-order valence-corrected chi connectivity index (χ2v) is 5.67. The summed E-state index contributed by atoms with van der Waals surface area (Å²) in [5, 5.41) is 3.52. The Morgan fingerprint density at radius 2 is 2.00 bits per heavy atom. The molecule has 3 nitrogen and oxygen atoms in total. The van der Waals surface area contributed by atoms with E-state index in [4.69, 9.17) is 0 Å². The van der Waals surface area contributed by atoms with Gasteiger partial charge in [-0.15, -0.1) is 0 Å². The van der Waals surface area contributed by atoms with E-state index < -0.39 is 0 Å². The zero-order valence-electron chi connectivity index (χ0n) is 12.4. The predicted molar refractivity (Wildman–Crippen MR) is 78.9 cm³/mol. The van der Waals surface area contributed by atoms with Gasteiger partial charge in [0.2, 0.25) is 5.95 Å². The van der Waals surface area contributed by atoms with Crippen LogP contribution in [0.1, 0.15) is 59.8 Å². The van der Waals surface area contributed by atoms with Crippen molar-refractivity contribution in [3.63, 3.8) is 0 Å². The summed E-state index contributed by atoms with van der Waals surface area (Å²) in [4.78, 5) is 4.40. The van der Waals surface area contributed by atoms with Crippen molar-refractivity contribution in [2.24, 2.45) is 5.92 Å². The normalized spacial score (nSPS) is 12.9. The van der Waals surface area contributed by atoms with Crippen molar-refractivity contribution in [3.05, 3.63) is 12.4 Å². The average Bonchev–Trinajstić information content (AvgIpc) is 2.73. The molecule has 0 spiro atoms. The third-order valence-corrected chi connectivity index (χ3v) is 3.26. The van der Waals surface area contributed by atoms with Crippen LogP contribution >= 0.6 is 0 Å². The van der Waals surface area contributed by atoms with Gasteiger partial charge >= 0.3 is 0 Å². The zero-order valence-corrected chi connectivity index (χ0v) is 12.4. The van der Waals surface area contributed by atoms with Crippen molar-refractivity contribution >= 4 is 5.95 Å². The van der Waals surface area contributed by atoms with E-state index in [1.807, 2.05) is 6.20 Å². The zero-order chi connectivity index (χ0) is 13.4. The molecule has 18 heavy (non-hydrogen) atoms. The lowest BCUT2D eigenvalue weighted by molar-refractivity contribution is 0.517. The lowest BCUT2D eigenvalue weighted by Crippen LogP contribution is -2.18. The van der Waals surface area contributed by atoms with Crippen LogP contribution in [0, 0.1) is 5.92 Å². The van der Waals surface area contributed by atoms with Crippen LogP contribution in [-0.2, 0) is 6.54 Å². The summed E-state index contributed by atoms with van der Waals surface area (Å²) >= 11 is 0. The number of imidazole rings is 1. The van der Waals surface area contributed by atoms with Crippen LogP contribution in [0.25, 0.3) is 0 Å². The Bertz CT molecular complexity index is 317. The fourth-order valence-electron chi connectivity index (χ4n) is 2.08. The van der Waals surface area contributed by atoms with Gasteiger partial charge in [-0.25, -0.2) is 4.98 Å². The Hall–Kier alpha value is -0.990. The van der Waals surface area contributed by atoms with Gasteiger partial charge < -0.3 is 9.88 Å². The van der Waals surface area contributed by atoms with Gasteiger partial charge in [0.15, 0.2) is 0 Å². The van der Waals surface area contributed by atoms with Gasteiger partial charge in [0, 0.05) is 25.0 Å². The van der Waals surface area contributed by atoms with Gasteiger partial charge in [-0.2, -0.15) is 0 Å². The summed E-state index contributed by atoms with van der Waals surface area (Å²) in [7, 11) is 0. The molecule has 0 radical (unpaired) electrons. The summed E-state index contributed by atoms with van der Waals surface area (Å²) < 4.78 is 2.22. The molecule has 0 bridgehead atoms. The molecule has 0 fully saturated rings. The molecular weight excluding hydrogens is 222 g/mol. The molecule has 1 N–H and O–H groups in total. The number of aromatic nitrogens is 2. The Labute approximate surface area is 112 Å². The van der Waals surface area contributed by atoms with Gasteiger partial charge in [-0.1, -0.05) is 40.0 Å². The van der Waals surface area contributed by atoms with Gasteiger partial charge in [0.05, 0.1) is 0 Å². The standard InChI is InChI=1S/C15H29N3/c1-5-6-11-18-12-10-16-15(18)17-14(4)9-7-8-13(2)3/h10,12-14H,5-9,11H2,1-4H3,(H,16,17). The van der Waals surface area contributed by atoms with Crippen LogP contribution in [-0.4, -0.2) is 15.6 Å². The van der Waals surface area contributed by atoms with Crippen LogP contribution in [0.3, 0.4) is 0 Å². The highest BCUT2D eigenvalue weighted by atomic mass is 15.2. The molecule has 1 aromatic rings. The number of rotatable bonds is 9. The van der Waals surface area contributed by atoms with Crippen molar-refractivity contribution in [1.82, 2.24) is 9.55 Å². The number of nitrogens with zero attached hydrogens (tertiary/aromatic N) is 2. The van der Waals surface area contributed by atoms with E-state index in [1.165, 1.54) is 32.1 Å². The van der Waals surface area contributed by atoms with Crippen LogP contribution in [0.4, 0.5) is 5.95 Å². The summed E-state index contributed by atoms with van der Waals surface area (Å²) in [6.45, 7) is 10.1. The fourth-order valence-corrected chi connectivity index (χ4v) is 2.08. The second-order valence-electron chi connectivity index (χ2n) is 5.67. The minimum absolute atomic E-state index is 0.506. The minimum Gasteiger partial charge on any atom is -0.353 e. The first-order chi connectivity index (χ1) is 8.63. The van der Waals surface area contributed by atoms with Crippen molar-refractivity contribution in [1.29, 1.82) is 0 Å². The lowest BCUT2D eigenvalue weighted by Gasteiger charge is -2.16.